The van der Waals surface area contributed by atoms with Crippen molar-refractivity contribution in [3.63, 3.8) is 0 Å². The Morgan fingerprint density at radius 3 is 2.33 bits per heavy atom. The Labute approximate surface area is 174 Å². The Morgan fingerprint density at radius 1 is 0.833 bits per heavy atom. The number of hydrogen-bond acceptors (Lipinski definition) is 4. The molecule has 1 fully saturated rings. The number of benzene rings is 3. The number of anilines is 2. The molecule has 5 rings (SSSR count). The molecule has 0 unspecified atom stereocenters. The van der Waals surface area contributed by atoms with Gasteiger partial charge in [0.25, 0.3) is 5.91 Å². The van der Waals surface area contributed by atoms with Crippen molar-refractivity contribution in [1.29, 1.82) is 0 Å². The topological polar surface area (TPSA) is 76.7 Å². The van der Waals surface area contributed by atoms with Crippen LogP contribution in [0.25, 0.3) is 10.8 Å². The fourth-order valence-corrected chi connectivity index (χ4v) is 3.55. The maximum absolute atomic E-state index is 13.1. The second kappa shape index (κ2) is 7.71. The van der Waals surface area contributed by atoms with E-state index in [-0.39, 0.29) is 17.7 Å². The molecule has 0 radical (unpaired) electrons. The molecule has 2 amide bonds. The summed E-state index contributed by atoms with van der Waals surface area (Å²) in [6.07, 6.45) is 2.62. The minimum absolute atomic E-state index is 0.0325. The van der Waals surface area contributed by atoms with E-state index in [1.807, 2.05) is 36.4 Å². The third-order valence-electron chi connectivity index (χ3n) is 5.34. The number of hydrogen-bond donors (Lipinski definition) is 2. The summed E-state index contributed by atoms with van der Waals surface area (Å²) in [5.41, 5.74) is 1.56. The second-order valence-electron chi connectivity index (χ2n) is 7.67. The first-order valence-corrected chi connectivity index (χ1v) is 10.2. The summed E-state index contributed by atoms with van der Waals surface area (Å²) in [5, 5.41) is 7.78. The van der Waals surface area contributed by atoms with Crippen molar-refractivity contribution >= 4 is 34.0 Å². The Morgan fingerprint density at radius 2 is 1.57 bits per heavy atom. The van der Waals surface area contributed by atoms with Crippen molar-refractivity contribution in [3.05, 3.63) is 60.2 Å². The fraction of sp³-hybridized carbons (Fsp3) is 0.250. The molecule has 1 aliphatic carbocycles. The van der Waals surface area contributed by atoms with Crippen LogP contribution >= 0.6 is 0 Å². The van der Waals surface area contributed by atoms with Crippen molar-refractivity contribution in [3.8, 4) is 11.5 Å². The van der Waals surface area contributed by atoms with Gasteiger partial charge in [0.2, 0.25) is 5.91 Å². The van der Waals surface area contributed by atoms with Crippen molar-refractivity contribution in [2.24, 2.45) is 5.92 Å². The maximum Gasteiger partial charge on any atom is 0.257 e. The molecule has 2 N–H and O–H groups in total. The van der Waals surface area contributed by atoms with E-state index in [0.29, 0.717) is 41.7 Å². The van der Waals surface area contributed by atoms with Gasteiger partial charge in [-0.2, -0.15) is 0 Å². The molecule has 1 saturated carbocycles. The summed E-state index contributed by atoms with van der Waals surface area (Å²) in [4.78, 5) is 25.5. The number of carbonyl (C=O) groups is 2. The predicted octanol–water partition coefficient (Wildman–Crippen LogP) is 4.60. The SMILES string of the molecule is O=C(Nc1ccc2c(c1)OCCCO2)c1cc2ccccc2cc1NC(=O)C1CC1. The zero-order valence-corrected chi connectivity index (χ0v) is 16.4. The molecule has 1 aliphatic heterocycles. The molecule has 2 aliphatic rings. The molecule has 152 valence electrons. The molecule has 6 heteroatoms. The molecular formula is C24H22N2O4. The monoisotopic (exact) mass is 402 g/mol. The maximum atomic E-state index is 13.1. The number of carbonyl (C=O) groups excluding carboxylic acids is 2. The number of nitrogens with one attached hydrogen (secondary N) is 2. The van der Waals surface area contributed by atoms with Crippen LogP contribution in [0.4, 0.5) is 11.4 Å². The Kier molecular flexibility index (Phi) is 4.75. The first-order valence-electron chi connectivity index (χ1n) is 10.2. The minimum Gasteiger partial charge on any atom is -0.490 e. The van der Waals surface area contributed by atoms with Gasteiger partial charge in [-0.3, -0.25) is 9.59 Å². The smallest absolute Gasteiger partial charge is 0.257 e. The molecule has 0 aromatic heterocycles. The normalized spacial score (nSPS) is 15.3. The van der Waals surface area contributed by atoms with Gasteiger partial charge in [0, 0.05) is 24.1 Å². The molecule has 3 aromatic carbocycles. The Bertz CT molecular complexity index is 1140. The van der Waals surface area contributed by atoms with Crippen LogP contribution in [-0.2, 0) is 4.79 Å². The zero-order chi connectivity index (χ0) is 20.5. The van der Waals surface area contributed by atoms with E-state index in [1.165, 1.54) is 0 Å². The summed E-state index contributed by atoms with van der Waals surface area (Å²) in [6.45, 7) is 1.19. The van der Waals surface area contributed by atoms with Crippen LogP contribution in [0.3, 0.4) is 0 Å². The van der Waals surface area contributed by atoms with E-state index in [2.05, 4.69) is 10.6 Å². The predicted molar refractivity (Wildman–Crippen MR) is 115 cm³/mol. The van der Waals surface area contributed by atoms with Crippen LogP contribution in [0.2, 0.25) is 0 Å². The molecule has 0 spiro atoms. The lowest BCUT2D eigenvalue weighted by molar-refractivity contribution is -0.117. The highest BCUT2D eigenvalue weighted by atomic mass is 16.5. The highest BCUT2D eigenvalue weighted by Gasteiger charge is 2.30. The van der Waals surface area contributed by atoms with Crippen LogP contribution in [0.1, 0.15) is 29.6 Å². The third kappa shape index (κ3) is 3.81. The number of ether oxygens (including phenoxy) is 2. The second-order valence-corrected chi connectivity index (χ2v) is 7.67. The Balaban J connectivity index is 1.46. The number of rotatable bonds is 4. The van der Waals surface area contributed by atoms with Crippen molar-refractivity contribution < 1.29 is 19.1 Å². The van der Waals surface area contributed by atoms with Crippen LogP contribution in [0, 0.1) is 5.92 Å². The van der Waals surface area contributed by atoms with E-state index in [9.17, 15) is 9.59 Å². The highest BCUT2D eigenvalue weighted by Crippen LogP contribution is 2.34. The summed E-state index contributed by atoms with van der Waals surface area (Å²) < 4.78 is 11.4. The lowest BCUT2D eigenvalue weighted by Gasteiger charge is -2.14. The molecule has 0 bridgehead atoms. The van der Waals surface area contributed by atoms with E-state index < -0.39 is 0 Å². The minimum atomic E-state index is -0.290. The summed E-state index contributed by atoms with van der Waals surface area (Å²) in [6, 6.07) is 16.8. The van der Waals surface area contributed by atoms with Gasteiger partial charge in [-0.1, -0.05) is 24.3 Å². The van der Waals surface area contributed by atoms with Crippen LogP contribution < -0.4 is 20.1 Å². The van der Waals surface area contributed by atoms with Gasteiger partial charge in [0.05, 0.1) is 24.5 Å². The van der Waals surface area contributed by atoms with Gasteiger partial charge in [0.1, 0.15) is 0 Å². The first kappa shape index (κ1) is 18.5. The van der Waals surface area contributed by atoms with Crippen molar-refractivity contribution in [2.75, 3.05) is 23.8 Å². The van der Waals surface area contributed by atoms with Gasteiger partial charge in [-0.15, -0.1) is 0 Å². The average Bonchev–Trinajstić information content (AvgIpc) is 3.60. The van der Waals surface area contributed by atoms with Gasteiger partial charge < -0.3 is 20.1 Å². The molecule has 3 aromatic rings. The van der Waals surface area contributed by atoms with Gasteiger partial charge in [0.15, 0.2) is 11.5 Å². The first-order chi connectivity index (χ1) is 14.7. The lowest BCUT2D eigenvalue weighted by atomic mass is 10.0. The summed E-state index contributed by atoms with van der Waals surface area (Å²) >= 11 is 0. The molecule has 1 heterocycles. The molecule has 6 nitrogen and oxygen atoms in total. The molecule has 30 heavy (non-hydrogen) atoms. The molecule has 0 saturated heterocycles. The van der Waals surface area contributed by atoms with E-state index in [4.69, 9.17) is 9.47 Å². The standard InChI is InChI=1S/C24H22N2O4/c27-23(15-6-7-15)26-20-13-17-5-2-1-4-16(17)12-19(20)24(28)25-18-8-9-21-22(14-18)30-11-3-10-29-21/h1-2,4-5,8-9,12-15H,3,6-7,10-11H2,(H,25,28)(H,26,27). The van der Waals surface area contributed by atoms with Crippen LogP contribution in [-0.4, -0.2) is 25.0 Å². The fourth-order valence-electron chi connectivity index (χ4n) is 3.55. The number of amides is 2. The quantitative estimate of drug-likeness (QED) is 0.669. The van der Waals surface area contributed by atoms with Crippen molar-refractivity contribution in [2.45, 2.75) is 19.3 Å². The van der Waals surface area contributed by atoms with E-state index in [1.54, 1.807) is 18.2 Å². The van der Waals surface area contributed by atoms with Gasteiger partial charge >= 0.3 is 0 Å². The summed E-state index contributed by atoms with van der Waals surface area (Å²) in [5.74, 6) is 1.02. The average molecular weight is 402 g/mol. The van der Waals surface area contributed by atoms with Crippen LogP contribution in [0.15, 0.2) is 54.6 Å². The lowest BCUT2D eigenvalue weighted by Crippen LogP contribution is -2.19. The zero-order valence-electron chi connectivity index (χ0n) is 16.4. The Hall–Kier alpha value is -3.54. The molecule has 0 atom stereocenters. The molecular weight excluding hydrogens is 380 g/mol. The van der Waals surface area contributed by atoms with E-state index in [0.717, 1.165) is 30.0 Å². The highest BCUT2D eigenvalue weighted by molar-refractivity contribution is 6.13. The largest absolute Gasteiger partial charge is 0.490 e. The third-order valence-corrected chi connectivity index (χ3v) is 5.34. The summed E-state index contributed by atoms with van der Waals surface area (Å²) in [7, 11) is 0. The van der Waals surface area contributed by atoms with Gasteiger partial charge in [-0.25, -0.2) is 0 Å². The van der Waals surface area contributed by atoms with E-state index >= 15 is 0 Å². The number of fused-ring (bicyclic) bond motifs is 2. The van der Waals surface area contributed by atoms with Crippen LogP contribution in [0.5, 0.6) is 11.5 Å². The van der Waals surface area contributed by atoms with Crippen molar-refractivity contribution in [1.82, 2.24) is 0 Å². The van der Waals surface area contributed by atoms with Gasteiger partial charge in [-0.05, 0) is 47.9 Å².